The van der Waals surface area contributed by atoms with Crippen molar-refractivity contribution in [3.8, 4) is 0 Å². The lowest BCUT2D eigenvalue weighted by molar-refractivity contribution is 0.197. The SMILES string of the molecule is CCNC1CCC(CC)CC1Cc1c(F)ccc(Br)c1F. The fourth-order valence-electron chi connectivity index (χ4n) is 3.51. The van der Waals surface area contributed by atoms with Gasteiger partial charge in [0.1, 0.15) is 11.6 Å². The molecule has 0 amide bonds. The predicted octanol–water partition coefficient (Wildman–Crippen LogP) is 5.07. The molecule has 1 aliphatic rings. The largest absolute Gasteiger partial charge is 0.314 e. The van der Waals surface area contributed by atoms with Crippen LogP contribution in [-0.2, 0) is 6.42 Å². The number of rotatable bonds is 5. The van der Waals surface area contributed by atoms with Gasteiger partial charge in [0.15, 0.2) is 0 Å². The Balaban J connectivity index is 2.19. The van der Waals surface area contributed by atoms with Gasteiger partial charge in [-0.25, -0.2) is 8.78 Å². The molecule has 3 atom stereocenters. The monoisotopic (exact) mass is 359 g/mol. The second-order valence-corrected chi connectivity index (χ2v) is 6.89. The Kier molecular flexibility index (Phi) is 6.18. The summed E-state index contributed by atoms with van der Waals surface area (Å²) in [6.07, 6.45) is 5.01. The van der Waals surface area contributed by atoms with E-state index in [1.54, 1.807) is 0 Å². The quantitative estimate of drug-likeness (QED) is 0.723. The van der Waals surface area contributed by atoms with E-state index in [2.05, 4.69) is 35.1 Å². The molecule has 4 heteroatoms. The van der Waals surface area contributed by atoms with E-state index in [0.29, 0.717) is 28.8 Å². The van der Waals surface area contributed by atoms with E-state index in [4.69, 9.17) is 0 Å². The highest BCUT2D eigenvalue weighted by Crippen LogP contribution is 2.35. The van der Waals surface area contributed by atoms with Crippen LogP contribution in [0.3, 0.4) is 0 Å². The van der Waals surface area contributed by atoms with Crippen LogP contribution in [0.15, 0.2) is 16.6 Å². The molecular weight excluding hydrogens is 336 g/mol. The molecule has 1 fully saturated rings. The molecule has 0 aliphatic heterocycles. The molecule has 2 rings (SSSR count). The molecule has 0 bridgehead atoms. The first-order chi connectivity index (χ1) is 10.1. The maximum atomic E-state index is 14.2. The van der Waals surface area contributed by atoms with Crippen molar-refractivity contribution in [2.45, 2.75) is 52.0 Å². The molecular formula is C17H24BrF2N. The van der Waals surface area contributed by atoms with Gasteiger partial charge in [-0.15, -0.1) is 0 Å². The first kappa shape index (κ1) is 16.9. The molecule has 1 aromatic rings. The van der Waals surface area contributed by atoms with Gasteiger partial charge in [0, 0.05) is 11.6 Å². The molecule has 0 heterocycles. The maximum Gasteiger partial charge on any atom is 0.143 e. The highest BCUT2D eigenvalue weighted by Gasteiger charge is 2.30. The standard InChI is InChI=1S/C17H24BrF2N/c1-3-11-5-8-16(21-4-2)12(9-11)10-13-15(19)7-6-14(18)17(13)20/h6-7,11-12,16,21H,3-5,8-10H2,1-2H3. The summed E-state index contributed by atoms with van der Waals surface area (Å²) in [5, 5.41) is 3.50. The summed E-state index contributed by atoms with van der Waals surface area (Å²) >= 11 is 3.16. The first-order valence-corrected chi connectivity index (χ1v) is 8.71. The van der Waals surface area contributed by atoms with Gasteiger partial charge >= 0.3 is 0 Å². The summed E-state index contributed by atoms with van der Waals surface area (Å²) in [6.45, 7) is 5.19. The van der Waals surface area contributed by atoms with Crippen molar-refractivity contribution in [3.05, 3.63) is 33.8 Å². The van der Waals surface area contributed by atoms with Crippen LogP contribution in [0.5, 0.6) is 0 Å². The molecule has 21 heavy (non-hydrogen) atoms. The minimum Gasteiger partial charge on any atom is -0.314 e. The van der Waals surface area contributed by atoms with Crippen molar-refractivity contribution in [3.63, 3.8) is 0 Å². The zero-order valence-corrected chi connectivity index (χ0v) is 14.3. The zero-order chi connectivity index (χ0) is 15.4. The highest BCUT2D eigenvalue weighted by atomic mass is 79.9. The number of hydrogen-bond acceptors (Lipinski definition) is 1. The number of hydrogen-bond donors (Lipinski definition) is 1. The van der Waals surface area contributed by atoms with Gasteiger partial charge in [-0.2, -0.15) is 0 Å². The fourth-order valence-corrected chi connectivity index (χ4v) is 3.88. The Hall–Kier alpha value is -0.480. The van der Waals surface area contributed by atoms with Crippen LogP contribution in [0.2, 0.25) is 0 Å². The molecule has 1 saturated carbocycles. The van der Waals surface area contributed by atoms with Crippen LogP contribution in [-0.4, -0.2) is 12.6 Å². The average molecular weight is 360 g/mol. The third kappa shape index (κ3) is 4.04. The van der Waals surface area contributed by atoms with E-state index in [9.17, 15) is 8.78 Å². The van der Waals surface area contributed by atoms with Gasteiger partial charge in [-0.3, -0.25) is 0 Å². The topological polar surface area (TPSA) is 12.0 Å². The first-order valence-electron chi connectivity index (χ1n) is 7.92. The van der Waals surface area contributed by atoms with Crippen LogP contribution >= 0.6 is 15.9 Å². The third-order valence-corrected chi connectivity index (χ3v) is 5.35. The van der Waals surface area contributed by atoms with Crippen molar-refractivity contribution in [2.24, 2.45) is 11.8 Å². The van der Waals surface area contributed by atoms with Crippen LogP contribution in [0.25, 0.3) is 0 Å². The molecule has 1 nitrogen and oxygen atoms in total. The molecule has 0 radical (unpaired) electrons. The summed E-state index contributed by atoms with van der Waals surface area (Å²) < 4.78 is 28.5. The Morgan fingerprint density at radius 1 is 1.24 bits per heavy atom. The molecule has 0 spiro atoms. The van der Waals surface area contributed by atoms with Crippen molar-refractivity contribution in [1.82, 2.24) is 5.32 Å². The molecule has 1 aromatic carbocycles. The van der Waals surface area contributed by atoms with Gasteiger partial charge in [-0.05, 0) is 72.1 Å². The van der Waals surface area contributed by atoms with Gasteiger partial charge in [0.2, 0.25) is 0 Å². The summed E-state index contributed by atoms with van der Waals surface area (Å²) in [5.41, 5.74) is 0.231. The fraction of sp³-hybridized carbons (Fsp3) is 0.647. The van der Waals surface area contributed by atoms with Gasteiger partial charge in [0.05, 0.1) is 4.47 Å². The summed E-state index contributed by atoms with van der Waals surface area (Å²) in [4.78, 5) is 0. The second kappa shape index (κ2) is 7.68. The van der Waals surface area contributed by atoms with Crippen molar-refractivity contribution < 1.29 is 8.78 Å². The summed E-state index contributed by atoms with van der Waals surface area (Å²) in [7, 11) is 0. The van der Waals surface area contributed by atoms with E-state index >= 15 is 0 Å². The average Bonchev–Trinajstić information content (AvgIpc) is 2.49. The number of nitrogens with one attached hydrogen (secondary N) is 1. The van der Waals surface area contributed by atoms with Gasteiger partial charge in [-0.1, -0.05) is 20.3 Å². The Morgan fingerprint density at radius 2 is 2.00 bits per heavy atom. The smallest absolute Gasteiger partial charge is 0.143 e. The van der Waals surface area contributed by atoms with Crippen LogP contribution < -0.4 is 5.32 Å². The van der Waals surface area contributed by atoms with Crippen molar-refractivity contribution in [2.75, 3.05) is 6.54 Å². The zero-order valence-electron chi connectivity index (χ0n) is 12.8. The minimum atomic E-state index is -0.441. The van der Waals surface area contributed by atoms with Crippen molar-refractivity contribution >= 4 is 15.9 Å². The highest BCUT2D eigenvalue weighted by molar-refractivity contribution is 9.10. The Labute approximate surface area is 134 Å². The van der Waals surface area contributed by atoms with Gasteiger partial charge < -0.3 is 5.32 Å². The molecule has 1 N–H and O–H groups in total. The van der Waals surface area contributed by atoms with E-state index in [-0.39, 0.29) is 5.56 Å². The Bertz CT molecular complexity index is 478. The Morgan fingerprint density at radius 3 is 2.67 bits per heavy atom. The lowest BCUT2D eigenvalue weighted by Crippen LogP contribution is -2.41. The molecule has 0 aromatic heterocycles. The third-order valence-electron chi connectivity index (χ3n) is 4.74. The lowest BCUT2D eigenvalue weighted by atomic mass is 9.74. The van der Waals surface area contributed by atoms with E-state index in [1.165, 1.54) is 18.6 Å². The van der Waals surface area contributed by atoms with Crippen LogP contribution in [0, 0.1) is 23.5 Å². The van der Waals surface area contributed by atoms with E-state index < -0.39 is 11.6 Å². The molecule has 3 unspecified atom stereocenters. The summed E-state index contributed by atoms with van der Waals surface area (Å²) in [6, 6.07) is 3.16. The van der Waals surface area contributed by atoms with Crippen molar-refractivity contribution in [1.29, 1.82) is 0 Å². The second-order valence-electron chi connectivity index (χ2n) is 6.04. The summed E-state index contributed by atoms with van der Waals surface area (Å²) in [5.74, 6) is 0.124. The van der Waals surface area contributed by atoms with Crippen LogP contribution in [0.1, 0.15) is 45.1 Å². The minimum absolute atomic E-state index is 0.231. The van der Waals surface area contributed by atoms with Crippen LogP contribution in [0.4, 0.5) is 8.78 Å². The number of benzene rings is 1. The van der Waals surface area contributed by atoms with Gasteiger partial charge in [0.25, 0.3) is 0 Å². The lowest BCUT2D eigenvalue weighted by Gasteiger charge is -2.36. The molecule has 118 valence electrons. The maximum absolute atomic E-state index is 14.2. The molecule has 0 saturated heterocycles. The van der Waals surface area contributed by atoms with E-state index in [1.807, 2.05) is 0 Å². The van der Waals surface area contributed by atoms with E-state index in [0.717, 1.165) is 25.8 Å². The molecule has 1 aliphatic carbocycles. The number of halogens is 3. The predicted molar refractivity (Wildman–Crippen MR) is 86.3 cm³/mol. The normalized spacial score (nSPS) is 26.0.